The van der Waals surface area contributed by atoms with Crippen molar-refractivity contribution in [3.63, 3.8) is 0 Å². The molecule has 96 valence electrons. The Labute approximate surface area is 112 Å². The highest BCUT2D eigenvalue weighted by molar-refractivity contribution is 7.80. The average Bonchev–Trinajstić information content (AvgIpc) is 2.40. The third-order valence-electron chi connectivity index (χ3n) is 2.58. The van der Waals surface area contributed by atoms with E-state index >= 15 is 0 Å². The molecule has 3 N–H and O–H groups in total. The van der Waals surface area contributed by atoms with E-state index < -0.39 is 0 Å². The number of para-hydroxylation sites is 1. The van der Waals surface area contributed by atoms with Crippen molar-refractivity contribution in [1.82, 2.24) is 4.90 Å². The number of benzene rings is 1. The van der Waals surface area contributed by atoms with E-state index in [1.54, 1.807) is 0 Å². The van der Waals surface area contributed by atoms with E-state index in [0.29, 0.717) is 24.3 Å². The lowest BCUT2D eigenvalue weighted by atomic mass is 10.3. The fraction of sp³-hybridized carbons (Fsp3) is 0.333. The molecule has 6 heteroatoms. The van der Waals surface area contributed by atoms with Crippen LogP contribution in [-0.4, -0.2) is 42.3 Å². The van der Waals surface area contributed by atoms with Gasteiger partial charge in [0.2, 0.25) is 5.11 Å². The van der Waals surface area contributed by atoms with Gasteiger partial charge >= 0.3 is 0 Å². The van der Waals surface area contributed by atoms with Gasteiger partial charge in [-0.15, -0.1) is 0 Å². The summed E-state index contributed by atoms with van der Waals surface area (Å²) >= 11 is 5.15. The van der Waals surface area contributed by atoms with Gasteiger partial charge in [0.25, 0.3) is 0 Å². The first-order chi connectivity index (χ1) is 8.75. The van der Waals surface area contributed by atoms with Crippen molar-refractivity contribution in [3.05, 3.63) is 30.3 Å². The number of guanidine groups is 1. The van der Waals surface area contributed by atoms with Crippen LogP contribution < -0.4 is 11.1 Å². The number of nitrogens with zero attached hydrogens (tertiary/aromatic N) is 2. The molecule has 0 aromatic heterocycles. The van der Waals surface area contributed by atoms with Gasteiger partial charge in [-0.05, 0) is 24.4 Å². The fourth-order valence-electron chi connectivity index (χ4n) is 1.64. The van der Waals surface area contributed by atoms with Crippen LogP contribution in [0.4, 0.5) is 5.69 Å². The number of hydrogen-bond acceptors (Lipinski definition) is 2. The molecule has 0 aliphatic carbocycles. The van der Waals surface area contributed by atoms with Crippen LogP contribution in [0.3, 0.4) is 0 Å². The summed E-state index contributed by atoms with van der Waals surface area (Å²) in [7, 11) is 0. The highest BCUT2D eigenvalue weighted by Crippen LogP contribution is 2.05. The van der Waals surface area contributed by atoms with E-state index in [9.17, 15) is 0 Å². The first-order valence-electron chi connectivity index (χ1n) is 5.78. The Morgan fingerprint density at radius 2 is 1.94 bits per heavy atom. The molecule has 0 spiro atoms. The Morgan fingerprint density at radius 3 is 2.61 bits per heavy atom. The van der Waals surface area contributed by atoms with Crippen molar-refractivity contribution in [3.8, 4) is 0 Å². The van der Waals surface area contributed by atoms with Crippen LogP contribution in [0.25, 0.3) is 0 Å². The Hall–Kier alpha value is -1.66. The van der Waals surface area contributed by atoms with Crippen molar-refractivity contribution in [2.75, 3.05) is 31.6 Å². The first kappa shape index (κ1) is 12.8. The van der Waals surface area contributed by atoms with Crippen LogP contribution in [-0.2, 0) is 4.74 Å². The maximum atomic E-state index is 5.90. The lowest BCUT2D eigenvalue weighted by molar-refractivity contribution is 0.0676. The van der Waals surface area contributed by atoms with E-state index in [1.807, 2.05) is 35.2 Å². The third-order valence-corrected chi connectivity index (χ3v) is 2.77. The van der Waals surface area contributed by atoms with E-state index in [0.717, 1.165) is 18.8 Å². The van der Waals surface area contributed by atoms with Gasteiger partial charge in [-0.25, -0.2) is 0 Å². The molecule has 1 heterocycles. The van der Waals surface area contributed by atoms with Gasteiger partial charge in [0.1, 0.15) is 0 Å². The molecule has 1 fully saturated rings. The number of aliphatic imine (C=N–C) groups is 1. The quantitative estimate of drug-likeness (QED) is 0.451. The van der Waals surface area contributed by atoms with Crippen LogP contribution in [0.2, 0.25) is 0 Å². The minimum atomic E-state index is 0.366. The number of anilines is 1. The van der Waals surface area contributed by atoms with Crippen molar-refractivity contribution in [1.29, 1.82) is 0 Å². The second kappa shape index (κ2) is 6.32. The maximum absolute atomic E-state index is 5.90. The Balaban J connectivity index is 1.93. The number of rotatable bonds is 1. The standard InChI is InChI=1S/C12H16N4OS/c13-11(16-6-8-17-9-7-16)15-12(18)14-10-4-2-1-3-5-10/h1-5H,6-9H2,(H3,13,14,15,18). The first-order valence-corrected chi connectivity index (χ1v) is 6.19. The number of morpholine rings is 1. The van der Waals surface area contributed by atoms with Crippen LogP contribution >= 0.6 is 12.2 Å². The van der Waals surface area contributed by atoms with Crippen molar-refractivity contribution in [2.45, 2.75) is 0 Å². The summed E-state index contributed by atoms with van der Waals surface area (Å²) in [5.41, 5.74) is 6.80. The van der Waals surface area contributed by atoms with Crippen LogP contribution in [0, 0.1) is 0 Å². The zero-order chi connectivity index (χ0) is 12.8. The summed E-state index contributed by atoms with van der Waals surface area (Å²) in [6, 6.07) is 9.65. The van der Waals surface area contributed by atoms with Gasteiger partial charge in [0, 0.05) is 18.8 Å². The molecule has 1 saturated heterocycles. The second-order valence-corrected chi connectivity index (χ2v) is 4.25. The van der Waals surface area contributed by atoms with Gasteiger partial charge in [-0.1, -0.05) is 18.2 Å². The molecular weight excluding hydrogens is 248 g/mol. The zero-order valence-corrected chi connectivity index (χ0v) is 10.8. The predicted octanol–water partition coefficient (Wildman–Crippen LogP) is 1.03. The molecular formula is C12H16N4OS. The molecule has 0 radical (unpaired) electrons. The Morgan fingerprint density at radius 1 is 1.28 bits per heavy atom. The van der Waals surface area contributed by atoms with Crippen molar-refractivity contribution in [2.24, 2.45) is 10.7 Å². The van der Waals surface area contributed by atoms with Crippen LogP contribution in [0.1, 0.15) is 0 Å². The fourth-order valence-corrected chi connectivity index (χ4v) is 1.85. The summed E-state index contributed by atoms with van der Waals surface area (Å²) < 4.78 is 5.25. The second-order valence-electron chi connectivity index (χ2n) is 3.87. The van der Waals surface area contributed by atoms with E-state index in [1.165, 1.54) is 0 Å². The normalized spacial score (nSPS) is 16.4. The van der Waals surface area contributed by atoms with Crippen LogP contribution in [0.5, 0.6) is 0 Å². The summed E-state index contributed by atoms with van der Waals surface area (Å²) in [5.74, 6) is 0.437. The number of ether oxygens (including phenoxy) is 1. The molecule has 5 nitrogen and oxygen atoms in total. The van der Waals surface area contributed by atoms with Crippen LogP contribution in [0.15, 0.2) is 35.3 Å². The molecule has 2 rings (SSSR count). The number of thiocarbonyl (C=S) groups is 1. The van der Waals surface area contributed by atoms with E-state index in [-0.39, 0.29) is 0 Å². The third kappa shape index (κ3) is 3.68. The molecule has 0 atom stereocenters. The maximum Gasteiger partial charge on any atom is 0.200 e. The summed E-state index contributed by atoms with van der Waals surface area (Å²) in [6.45, 7) is 2.86. The molecule has 18 heavy (non-hydrogen) atoms. The van der Waals surface area contributed by atoms with Crippen molar-refractivity contribution < 1.29 is 4.74 Å². The molecule has 0 bridgehead atoms. The zero-order valence-electron chi connectivity index (χ0n) is 10.0. The summed E-state index contributed by atoms with van der Waals surface area (Å²) in [6.07, 6.45) is 0. The molecule has 1 aliphatic rings. The topological polar surface area (TPSA) is 62.9 Å². The Bertz CT molecular complexity index is 429. The highest BCUT2D eigenvalue weighted by Gasteiger charge is 2.12. The average molecular weight is 264 g/mol. The molecule has 1 aromatic rings. The van der Waals surface area contributed by atoms with Gasteiger partial charge in [-0.3, -0.25) is 0 Å². The minimum Gasteiger partial charge on any atom is -0.378 e. The molecule has 0 amide bonds. The SMILES string of the molecule is NC(=NC(=S)Nc1ccccc1)N1CCOCC1. The number of nitrogens with one attached hydrogen (secondary N) is 1. The molecule has 0 unspecified atom stereocenters. The largest absolute Gasteiger partial charge is 0.378 e. The summed E-state index contributed by atoms with van der Waals surface area (Å²) in [5, 5.41) is 3.38. The van der Waals surface area contributed by atoms with Gasteiger partial charge in [-0.2, -0.15) is 4.99 Å². The van der Waals surface area contributed by atoms with Gasteiger partial charge in [0.05, 0.1) is 13.2 Å². The Kier molecular flexibility index (Phi) is 4.49. The monoisotopic (exact) mass is 264 g/mol. The number of nitrogens with two attached hydrogens (primary N) is 1. The van der Waals surface area contributed by atoms with Gasteiger partial charge < -0.3 is 20.7 Å². The van der Waals surface area contributed by atoms with E-state index in [4.69, 9.17) is 22.7 Å². The molecule has 1 aromatic carbocycles. The van der Waals surface area contributed by atoms with Gasteiger partial charge in [0.15, 0.2) is 5.96 Å². The molecule has 0 saturated carbocycles. The highest BCUT2D eigenvalue weighted by atomic mass is 32.1. The minimum absolute atomic E-state index is 0.366. The lowest BCUT2D eigenvalue weighted by Gasteiger charge is -2.27. The predicted molar refractivity (Wildman–Crippen MR) is 76.7 cm³/mol. The molecule has 1 aliphatic heterocycles. The smallest absolute Gasteiger partial charge is 0.200 e. The summed E-state index contributed by atoms with van der Waals surface area (Å²) in [4.78, 5) is 6.14. The van der Waals surface area contributed by atoms with E-state index in [2.05, 4.69) is 10.3 Å². The number of hydrogen-bond donors (Lipinski definition) is 2. The van der Waals surface area contributed by atoms with Crippen molar-refractivity contribution >= 4 is 29.0 Å². The lowest BCUT2D eigenvalue weighted by Crippen LogP contribution is -2.45.